The van der Waals surface area contributed by atoms with Gasteiger partial charge in [0.05, 0.1) is 25.2 Å². The summed E-state index contributed by atoms with van der Waals surface area (Å²) in [6.45, 7) is 8.31. The molecule has 1 aliphatic rings. The number of benzene rings is 1. The predicted molar refractivity (Wildman–Crippen MR) is 94.9 cm³/mol. The van der Waals surface area contributed by atoms with E-state index in [1.165, 1.54) is 0 Å². The Balaban J connectivity index is 1.61. The first-order valence-electron chi connectivity index (χ1n) is 8.48. The van der Waals surface area contributed by atoms with E-state index in [0.717, 1.165) is 42.8 Å². The molecule has 1 saturated heterocycles. The molecule has 5 heteroatoms. The third kappa shape index (κ3) is 3.91. The molecule has 1 fully saturated rings. The summed E-state index contributed by atoms with van der Waals surface area (Å²) >= 11 is 0. The van der Waals surface area contributed by atoms with E-state index in [4.69, 9.17) is 4.74 Å². The third-order valence-corrected chi connectivity index (χ3v) is 4.65. The smallest absolute Gasteiger partial charge is 0.224 e. The zero-order valence-electron chi connectivity index (χ0n) is 14.4. The van der Waals surface area contributed by atoms with Crippen molar-refractivity contribution in [1.82, 2.24) is 15.2 Å². The minimum atomic E-state index is -0.0730. The number of carbonyl (C=O) groups excluding carboxylic acids is 1. The van der Waals surface area contributed by atoms with Gasteiger partial charge in [0.25, 0.3) is 0 Å². The lowest BCUT2D eigenvalue weighted by Crippen LogP contribution is -2.55. The maximum atomic E-state index is 12.4. The van der Waals surface area contributed by atoms with Crippen molar-refractivity contribution in [3.05, 3.63) is 42.1 Å². The number of aromatic nitrogens is 1. The summed E-state index contributed by atoms with van der Waals surface area (Å²) in [5.74, 6) is 0.0366. The summed E-state index contributed by atoms with van der Waals surface area (Å²) in [5.41, 5.74) is 1.80. The molecule has 0 atom stereocenters. The molecule has 0 radical (unpaired) electrons. The van der Waals surface area contributed by atoms with Crippen molar-refractivity contribution in [2.24, 2.45) is 0 Å². The van der Waals surface area contributed by atoms with Crippen LogP contribution in [0.2, 0.25) is 0 Å². The number of nitrogens with one attached hydrogen (secondary N) is 1. The second kappa shape index (κ2) is 7.28. The molecule has 1 N–H and O–H groups in total. The van der Waals surface area contributed by atoms with Crippen molar-refractivity contribution in [1.29, 1.82) is 0 Å². The summed E-state index contributed by atoms with van der Waals surface area (Å²) < 4.78 is 5.40. The first-order chi connectivity index (χ1) is 11.6. The minimum absolute atomic E-state index is 0.0366. The molecule has 1 aliphatic heterocycles. The summed E-state index contributed by atoms with van der Waals surface area (Å²) in [5, 5.41) is 4.15. The molecule has 5 nitrogen and oxygen atoms in total. The largest absolute Gasteiger partial charge is 0.379 e. The first kappa shape index (κ1) is 16.9. The number of morpholine rings is 1. The Hall–Kier alpha value is -1.98. The van der Waals surface area contributed by atoms with Crippen LogP contribution in [-0.4, -0.2) is 54.2 Å². The van der Waals surface area contributed by atoms with Gasteiger partial charge < -0.3 is 10.1 Å². The highest BCUT2D eigenvalue weighted by molar-refractivity contribution is 5.87. The zero-order valence-corrected chi connectivity index (χ0v) is 14.4. The average Bonchev–Trinajstić information content (AvgIpc) is 2.61. The standard InChI is InChI=1S/C19H25N3O2/c1-19(2,22-9-11-24-12-10-22)14-21-17(23)13-16-6-3-5-15-7-4-8-20-18(15)16/h3-8H,9-14H2,1-2H3,(H,21,23). The van der Waals surface area contributed by atoms with Gasteiger partial charge in [-0.15, -0.1) is 0 Å². The fourth-order valence-corrected chi connectivity index (χ4v) is 3.14. The summed E-state index contributed by atoms with van der Waals surface area (Å²) in [7, 11) is 0. The van der Waals surface area contributed by atoms with Gasteiger partial charge in [-0.1, -0.05) is 24.3 Å². The highest BCUT2D eigenvalue weighted by Gasteiger charge is 2.28. The minimum Gasteiger partial charge on any atom is -0.379 e. The summed E-state index contributed by atoms with van der Waals surface area (Å²) in [6, 6.07) is 9.90. The molecule has 1 amide bonds. The SMILES string of the molecule is CC(C)(CNC(=O)Cc1cccc2cccnc12)N1CCOCC1. The van der Waals surface area contributed by atoms with Crippen molar-refractivity contribution in [2.45, 2.75) is 25.8 Å². The Bertz CT molecular complexity index is 703. The van der Waals surface area contributed by atoms with Crippen LogP contribution in [0.15, 0.2) is 36.5 Å². The second-order valence-corrected chi connectivity index (χ2v) is 6.86. The number of nitrogens with zero attached hydrogens (tertiary/aromatic N) is 2. The van der Waals surface area contributed by atoms with E-state index in [0.29, 0.717) is 13.0 Å². The van der Waals surface area contributed by atoms with Gasteiger partial charge in [-0.25, -0.2) is 0 Å². The molecule has 3 rings (SSSR count). The third-order valence-electron chi connectivity index (χ3n) is 4.65. The van der Waals surface area contributed by atoms with Gasteiger partial charge >= 0.3 is 0 Å². The van der Waals surface area contributed by atoms with E-state index < -0.39 is 0 Å². The average molecular weight is 327 g/mol. The molecule has 0 spiro atoms. The van der Waals surface area contributed by atoms with Gasteiger partial charge in [0.2, 0.25) is 5.91 Å². The molecular formula is C19H25N3O2. The Labute approximate surface area is 143 Å². The highest BCUT2D eigenvalue weighted by atomic mass is 16.5. The monoisotopic (exact) mass is 327 g/mol. The Kier molecular flexibility index (Phi) is 5.11. The topological polar surface area (TPSA) is 54.5 Å². The van der Waals surface area contributed by atoms with E-state index in [2.05, 4.69) is 29.0 Å². The summed E-state index contributed by atoms with van der Waals surface area (Å²) in [6.07, 6.45) is 2.12. The van der Waals surface area contributed by atoms with Crippen LogP contribution in [0.1, 0.15) is 19.4 Å². The fourth-order valence-electron chi connectivity index (χ4n) is 3.14. The number of pyridine rings is 1. The predicted octanol–water partition coefficient (Wildman–Crippen LogP) is 2.00. The Morgan fingerprint density at radius 1 is 1.25 bits per heavy atom. The lowest BCUT2D eigenvalue weighted by atomic mass is 10.0. The molecule has 0 saturated carbocycles. The number of carbonyl (C=O) groups is 1. The molecule has 1 aromatic heterocycles. The molecule has 1 aromatic carbocycles. The highest BCUT2D eigenvalue weighted by Crippen LogP contribution is 2.17. The Morgan fingerprint density at radius 3 is 2.79 bits per heavy atom. The van der Waals surface area contributed by atoms with Gasteiger partial charge in [-0.05, 0) is 25.5 Å². The van der Waals surface area contributed by atoms with Crippen LogP contribution in [0.4, 0.5) is 0 Å². The van der Waals surface area contributed by atoms with Crippen LogP contribution in [0.3, 0.4) is 0 Å². The van der Waals surface area contributed by atoms with Gasteiger partial charge in [0, 0.05) is 36.8 Å². The number of para-hydroxylation sites is 1. The maximum Gasteiger partial charge on any atom is 0.224 e. The van der Waals surface area contributed by atoms with Gasteiger partial charge in [0.15, 0.2) is 0 Å². The molecule has 0 bridgehead atoms. The van der Waals surface area contributed by atoms with E-state index in [1.807, 2.05) is 30.3 Å². The molecule has 0 aliphatic carbocycles. The number of hydrogen-bond acceptors (Lipinski definition) is 4. The van der Waals surface area contributed by atoms with Crippen LogP contribution >= 0.6 is 0 Å². The second-order valence-electron chi connectivity index (χ2n) is 6.86. The van der Waals surface area contributed by atoms with Crippen LogP contribution < -0.4 is 5.32 Å². The number of amides is 1. The molecular weight excluding hydrogens is 302 g/mol. The zero-order chi connectivity index (χ0) is 17.0. The maximum absolute atomic E-state index is 12.4. The van der Waals surface area contributed by atoms with Crippen LogP contribution in [0, 0.1) is 0 Å². The quantitative estimate of drug-likeness (QED) is 0.913. The molecule has 0 unspecified atom stereocenters. The van der Waals surface area contributed by atoms with Gasteiger partial charge in [-0.3, -0.25) is 14.7 Å². The molecule has 2 heterocycles. The van der Waals surface area contributed by atoms with Gasteiger partial charge in [-0.2, -0.15) is 0 Å². The van der Waals surface area contributed by atoms with Crippen molar-refractivity contribution in [2.75, 3.05) is 32.8 Å². The molecule has 24 heavy (non-hydrogen) atoms. The number of hydrogen-bond donors (Lipinski definition) is 1. The molecule has 2 aromatic rings. The van der Waals surface area contributed by atoms with Gasteiger partial charge in [0.1, 0.15) is 0 Å². The van der Waals surface area contributed by atoms with Crippen molar-refractivity contribution in [3.63, 3.8) is 0 Å². The van der Waals surface area contributed by atoms with Crippen LogP contribution in [-0.2, 0) is 16.0 Å². The lowest BCUT2D eigenvalue weighted by Gasteiger charge is -2.40. The van der Waals surface area contributed by atoms with E-state index in [-0.39, 0.29) is 11.4 Å². The van der Waals surface area contributed by atoms with Crippen molar-refractivity contribution >= 4 is 16.8 Å². The molecule has 128 valence electrons. The number of rotatable bonds is 5. The Morgan fingerprint density at radius 2 is 2.00 bits per heavy atom. The van der Waals surface area contributed by atoms with Crippen LogP contribution in [0.5, 0.6) is 0 Å². The van der Waals surface area contributed by atoms with E-state index in [1.54, 1.807) is 6.20 Å². The van der Waals surface area contributed by atoms with E-state index >= 15 is 0 Å². The van der Waals surface area contributed by atoms with E-state index in [9.17, 15) is 4.79 Å². The number of fused-ring (bicyclic) bond motifs is 1. The first-order valence-corrected chi connectivity index (χ1v) is 8.48. The normalized spacial score (nSPS) is 16.2. The fraction of sp³-hybridized carbons (Fsp3) is 0.474. The summed E-state index contributed by atoms with van der Waals surface area (Å²) in [4.78, 5) is 19.2. The van der Waals surface area contributed by atoms with Crippen molar-refractivity contribution in [3.8, 4) is 0 Å². The van der Waals surface area contributed by atoms with Crippen LogP contribution in [0.25, 0.3) is 10.9 Å². The van der Waals surface area contributed by atoms with Crippen molar-refractivity contribution < 1.29 is 9.53 Å². The lowest BCUT2D eigenvalue weighted by molar-refractivity contribution is -0.121. The number of ether oxygens (including phenoxy) is 1.